The quantitative estimate of drug-likeness (QED) is 0.728. The zero-order valence-corrected chi connectivity index (χ0v) is 10.6. The average molecular weight is 227 g/mol. The number of nitrogens with zero attached hydrogens (tertiary/aromatic N) is 2. The molecule has 0 aliphatic carbocycles. The lowest BCUT2D eigenvalue weighted by Crippen LogP contribution is -2.56. The predicted molar refractivity (Wildman–Crippen MR) is 65.5 cm³/mol. The highest BCUT2D eigenvalue weighted by molar-refractivity contribution is 5.02. The van der Waals surface area contributed by atoms with Crippen LogP contribution in [0.25, 0.3) is 0 Å². The highest BCUT2D eigenvalue weighted by Gasteiger charge is 2.43. The number of ether oxygens (including phenoxy) is 1. The second-order valence-corrected chi connectivity index (χ2v) is 5.35. The van der Waals surface area contributed by atoms with E-state index in [9.17, 15) is 0 Å². The van der Waals surface area contributed by atoms with Crippen molar-refractivity contribution in [3.05, 3.63) is 0 Å². The third-order valence-electron chi connectivity index (χ3n) is 4.24. The molecule has 2 rings (SSSR count). The minimum atomic E-state index is 0.196. The van der Waals surface area contributed by atoms with Crippen molar-refractivity contribution in [3.8, 4) is 0 Å². The average Bonchev–Trinajstić information content (AvgIpc) is 2.51. The lowest BCUT2D eigenvalue weighted by atomic mass is 9.93. The van der Waals surface area contributed by atoms with Gasteiger partial charge in [-0.3, -0.25) is 4.90 Å². The summed E-state index contributed by atoms with van der Waals surface area (Å²) in [5.41, 5.74) is 6.26. The van der Waals surface area contributed by atoms with E-state index in [4.69, 9.17) is 10.5 Å². The van der Waals surface area contributed by atoms with Crippen LogP contribution in [0.4, 0.5) is 0 Å². The van der Waals surface area contributed by atoms with Crippen LogP contribution in [0.1, 0.15) is 19.8 Å². The topological polar surface area (TPSA) is 41.7 Å². The summed E-state index contributed by atoms with van der Waals surface area (Å²) in [7, 11) is 2.20. The number of likely N-dealkylation sites (tertiary alicyclic amines) is 1. The van der Waals surface area contributed by atoms with E-state index in [1.807, 2.05) is 0 Å². The maximum atomic E-state index is 6.07. The molecule has 2 aliphatic rings. The van der Waals surface area contributed by atoms with E-state index in [0.717, 1.165) is 45.8 Å². The molecule has 0 saturated carbocycles. The number of nitrogens with two attached hydrogens (primary N) is 1. The van der Waals surface area contributed by atoms with Gasteiger partial charge in [-0.15, -0.1) is 0 Å². The van der Waals surface area contributed by atoms with E-state index in [2.05, 4.69) is 23.8 Å². The third kappa shape index (κ3) is 2.25. The Bertz CT molecular complexity index is 216. The van der Waals surface area contributed by atoms with Gasteiger partial charge in [0.2, 0.25) is 0 Å². The van der Waals surface area contributed by atoms with Gasteiger partial charge in [0.15, 0.2) is 0 Å². The van der Waals surface area contributed by atoms with Crippen LogP contribution in [0, 0.1) is 0 Å². The first kappa shape index (κ1) is 12.3. The van der Waals surface area contributed by atoms with Crippen molar-refractivity contribution in [2.24, 2.45) is 5.73 Å². The van der Waals surface area contributed by atoms with Gasteiger partial charge in [0.1, 0.15) is 0 Å². The van der Waals surface area contributed by atoms with Crippen LogP contribution in [0.2, 0.25) is 0 Å². The summed E-state index contributed by atoms with van der Waals surface area (Å²) in [6.45, 7) is 8.11. The minimum absolute atomic E-state index is 0.196. The molecular weight excluding hydrogens is 202 g/mol. The molecule has 0 aromatic heterocycles. The first-order valence-corrected chi connectivity index (χ1v) is 6.41. The number of rotatable bonds is 2. The van der Waals surface area contributed by atoms with Crippen LogP contribution < -0.4 is 5.73 Å². The van der Waals surface area contributed by atoms with Crippen LogP contribution in [0.3, 0.4) is 0 Å². The highest BCUT2D eigenvalue weighted by atomic mass is 16.5. The van der Waals surface area contributed by atoms with E-state index in [0.29, 0.717) is 6.04 Å². The van der Waals surface area contributed by atoms with Gasteiger partial charge in [-0.05, 0) is 26.8 Å². The second-order valence-electron chi connectivity index (χ2n) is 5.35. The van der Waals surface area contributed by atoms with E-state index in [1.54, 1.807) is 0 Å². The van der Waals surface area contributed by atoms with E-state index in [1.165, 1.54) is 6.42 Å². The summed E-state index contributed by atoms with van der Waals surface area (Å²) in [5.74, 6) is 0. The Hall–Kier alpha value is -0.160. The molecule has 2 atom stereocenters. The fraction of sp³-hybridized carbons (Fsp3) is 1.00. The maximum Gasteiger partial charge on any atom is 0.0593 e. The van der Waals surface area contributed by atoms with Crippen molar-refractivity contribution in [2.75, 3.05) is 46.4 Å². The number of hydrogen-bond donors (Lipinski definition) is 1. The molecule has 0 aromatic rings. The Morgan fingerprint density at radius 1 is 1.38 bits per heavy atom. The molecule has 4 heteroatoms. The summed E-state index contributed by atoms with van der Waals surface area (Å²) in [6.07, 6.45) is 2.33. The standard InChI is InChI=1S/C12H25N3O/c1-11-8-12(9-13,10-14(11)2)15-4-3-6-16-7-5-15/h11H,3-10,13H2,1-2H3. The van der Waals surface area contributed by atoms with E-state index >= 15 is 0 Å². The SMILES string of the molecule is CC1CC(CN)(N2CCCOCC2)CN1C. The van der Waals surface area contributed by atoms with Gasteiger partial charge in [0.25, 0.3) is 0 Å². The molecule has 0 amide bonds. The van der Waals surface area contributed by atoms with Crippen molar-refractivity contribution >= 4 is 0 Å². The molecule has 4 nitrogen and oxygen atoms in total. The molecule has 0 spiro atoms. The lowest BCUT2D eigenvalue weighted by molar-refractivity contribution is 0.0882. The Balaban J connectivity index is 2.08. The molecule has 2 heterocycles. The minimum Gasteiger partial charge on any atom is -0.380 e. The molecular formula is C12H25N3O. The molecule has 94 valence electrons. The molecule has 16 heavy (non-hydrogen) atoms. The molecule has 0 bridgehead atoms. The Morgan fingerprint density at radius 3 is 2.81 bits per heavy atom. The van der Waals surface area contributed by atoms with Crippen LogP contribution in [-0.4, -0.2) is 67.8 Å². The summed E-state index contributed by atoms with van der Waals surface area (Å²) in [5, 5.41) is 0. The van der Waals surface area contributed by atoms with Gasteiger partial charge < -0.3 is 15.4 Å². The fourth-order valence-electron chi connectivity index (χ4n) is 3.12. The molecule has 0 radical (unpaired) electrons. The van der Waals surface area contributed by atoms with Gasteiger partial charge in [-0.2, -0.15) is 0 Å². The molecule has 2 saturated heterocycles. The first-order valence-electron chi connectivity index (χ1n) is 6.41. The maximum absolute atomic E-state index is 6.07. The Morgan fingerprint density at radius 2 is 2.19 bits per heavy atom. The summed E-state index contributed by atoms with van der Waals surface area (Å²) < 4.78 is 5.53. The number of likely N-dealkylation sites (N-methyl/N-ethyl adjacent to an activating group) is 1. The molecule has 2 unspecified atom stereocenters. The molecule has 2 N–H and O–H groups in total. The first-order chi connectivity index (χ1) is 7.68. The van der Waals surface area contributed by atoms with Gasteiger partial charge >= 0.3 is 0 Å². The number of hydrogen-bond acceptors (Lipinski definition) is 4. The zero-order chi connectivity index (χ0) is 11.6. The summed E-state index contributed by atoms with van der Waals surface area (Å²) in [4.78, 5) is 5.00. The molecule has 2 aliphatic heterocycles. The van der Waals surface area contributed by atoms with Crippen LogP contribution in [0.5, 0.6) is 0 Å². The smallest absolute Gasteiger partial charge is 0.0593 e. The fourth-order valence-corrected chi connectivity index (χ4v) is 3.12. The Labute approximate surface area is 98.7 Å². The molecule has 0 aromatic carbocycles. The second kappa shape index (κ2) is 5.00. The molecule has 2 fully saturated rings. The summed E-state index contributed by atoms with van der Waals surface area (Å²) >= 11 is 0. The summed E-state index contributed by atoms with van der Waals surface area (Å²) in [6, 6.07) is 0.646. The van der Waals surface area contributed by atoms with Crippen LogP contribution in [0.15, 0.2) is 0 Å². The predicted octanol–water partition coefficient (Wildman–Crippen LogP) is 0.130. The van der Waals surface area contributed by atoms with Crippen molar-refractivity contribution in [3.63, 3.8) is 0 Å². The van der Waals surface area contributed by atoms with Gasteiger partial charge in [0, 0.05) is 44.4 Å². The van der Waals surface area contributed by atoms with Crippen molar-refractivity contribution in [2.45, 2.75) is 31.3 Å². The van der Waals surface area contributed by atoms with Crippen LogP contribution in [-0.2, 0) is 4.74 Å². The van der Waals surface area contributed by atoms with Gasteiger partial charge in [-0.1, -0.05) is 0 Å². The van der Waals surface area contributed by atoms with Crippen molar-refractivity contribution in [1.82, 2.24) is 9.80 Å². The lowest BCUT2D eigenvalue weighted by Gasteiger charge is -2.39. The van der Waals surface area contributed by atoms with Gasteiger partial charge in [-0.25, -0.2) is 0 Å². The normalized spacial score (nSPS) is 38.8. The van der Waals surface area contributed by atoms with Crippen molar-refractivity contribution < 1.29 is 4.74 Å². The van der Waals surface area contributed by atoms with E-state index in [-0.39, 0.29) is 5.54 Å². The zero-order valence-electron chi connectivity index (χ0n) is 10.6. The van der Waals surface area contributed by atoms with Crippen molar-refractivity contribution in [1.29, 1.82) is 0 Å². The van der Waals surface area contributed by atoms with Crippen LogP contribution >= 0.6 is 0 Å². The third-order valence-corrected chi connectivity index (χ3v) is 4.24. The largest absolute Gasteiger partial charge is 0.380 e. The monoisotopic (exact) mass is 227 g/mol. The highest BCUT2D eigenvalue weighted by Crippen LogP contribution is 2.31. The Kier molecular flexibility index (Phi) is 3.85. The van der Waals surface area contributed by atoms with E-state index < -0.39 is 0 Å². The van der Waals surface area contributed by atoms with Gasteiger partial charge in [0.05, 0.1) is 6.61 Å².